The average molecular weight is 339 g/mol. The fourth-order valence-corrected chi connectivity index (χ4v) is 3.02. The Balaban J connectivity index is 0.00000182. The van der Waals surface area contributed by atoms with Crippen LogP contribution < -0.4 is 10.6 Å². The molecular weight excluding hydrogens is 318 g/mol. The van der Waals surface area contributed by atoms with E-state index >= 15 is 0 Å². The van der Waals surface area contributed by atoms with Crippen LogP contribution in [0.1, 0.15) is 34.7 Å². The molecule has 1 aromatic carbocycles. The SMILES string of the molecule is C.Cn1ccc(NC(=O)c2ccc3cc4n(c3c2)CCCNC4=O)n1. The third-order valence-electron chi connectivity index (χ3n) is 4.20. The molecule has 3 aromatic rings. The molecule has 0 aliphatic carbocycles. The van der Waals surface area contributed by atoms with Gasteiger partial charge in [0.2, 0.25) is 0 Å². The molecule has 25 heavy (non-hydrogen) atoms. The zero-order valence-electron chi connectivity index (χ0n) is 13.2. The highest BCUT2D eigenvalue weighted by Gasteiger charge is 2.19. The number of nitrogens with zero attached hydrogens (tertiary/aromatic N) is 3. The highest BCUT2D eigenvalue weighted by molar-refractivity contribution is 6.07. The second-order valence-corrected chi connectivity index (χ2v) is 5.89. The number of benzene rings is 1. The van der Waals surface area contributed by atoms with Gasteiger partial charge in [0, 0.05) is 48.9 Å². The summed E-state index contributed by atoms with van der Waals surface area (Å²) in [6, 6.07) is 9.08. The number of aryl methyl sites for hydroxylation is 2. The van der Waals surface area contributed by atoms with Gasteiger partial charge in [0.1, 0.15) is 5.69 Å². The number of fused-ring (bicyclic) bond motifs is 3. The summed E-state index contributed by atoms with van der Waals surface area (Å²) in [5, 5.41) is 10.8. The molecule has 0 bridgehead atoms. The van der Waals surface area contributed by atoms with E-state index in [2.05, 4.69) is 15.7 Å². The van der Waals surface area contributed by atoms with Gasteiger partial charge in [-0.05, 0) is 24.6 Å². The molecule has 0 unspecified atom stereocenters. The second kappa shape index (κ2) is 6.43. The Hall–Kier alpha value is -3.09. The molecule has 2 aromatic heterocycles. The van der Waals surface area contributed by atoms with E-state index in [9.17, 15) is 9.59 Å². The number of hydrogen-bond donors (Lipinski definition) is 2. The van der Waals surface area contributed by atoms with Crippen LogP contribution in [0, 0.1) is 0 Å². The Labute approximate surface area is 145 Å². The van der Waals surface area contributed by atoms with Gasteiger partial charge in [-0.1, -0.05) is 13.5 Å². The molecule has 130 valence electrons. The minimum absolute atomic E-state index is 0. The number of anilines is 1. The van der Waals surface area contributed by atoms with Crippen molar-refractivity contribution in [2.24, 2.45) is 7.05 Å². The maximum Gasteiger partial charge on any atom is 0.267 e. The molecule has 0 atom stereocenters. The predicted octanol–water partition coefficient (Wildman–Crippen LogP) is 2.40. The lowest BCUT2D eigenvalue weighted by Gasteiger charge is -2.07. The van der Waals surface area contributed by atoms with Gasteiger partial charge in [-0.2, -0.15) is 5.10 Å². The standard InChI is InChI=1S/C17H17N5O2.CH4/c1-21-8-5-15(20-21)19-16(23)12-4-3-11-9-14-17(24)18-6-2-7-22(14)13(11)10-12;/h3-5,8-10H,2,6-7H2,1H3,(H,18,24)(H,19,20,23);1H4. The van der Waals surface area contributed by atoms with Gasteiger partial charge in [-0.3, -0.25) is 14.3 Å². The van der Waals surface area contributed by atoms with Gasteiger partial charge >= 0.3 is 0 Å². The molecule has 3 heterocycles. The lowest BCUT2D eigenvalue weighted by Crippen LogP contribution is -2.22. The summed E-state index contributed by atoms with van der Waals surface area (Å²) < 4.78 is 3.61. The summed E-state index contributed by atoms with van der Waals surface area (Å²) in [4.78, 5) is 24.6. The Bertz CT molecular complexity index is 954. The first-order chi connectivity index (χ1) is 11.6. The van der Waals surface area contributed by atoms with Crippen LogP contribution in [-0.4, -0.2) is 32.7 Å². The van der Waals surface area contributed by atoms with E-state index in [0.717, 1.165) is 23.9 Å². The summed E-state index contributed by atoms with van der Waals surface area (Å²) in [6.07, 6.45) is 2.64. The molecular formula is C18H21N5O2. The van der Waals surface area contributed by atoms with Crippen molar-refractivity contribution in [3.63, 3.8) is 0 Å². The molecule has 4 rings (SSSR count). The molecule has 2 amide bonds. The van der Waals surface area contributed by atoms with Crippen LogP contribution in [0.15, 0.2) is 36.5 Å². The number of nitrogens with one attached hydrogen (secondary N) is 2. The van der Waals surface area contributed by atoms with Gasteiger partial charge in [0.25, 0.3) is 11.8 Å². The van der Waals surface area contributed by atoms with Gasteiger partial charge in [0.15, 0.2) is 5.82 Å². The van der Waals surface area contributed by atoms with E-state index in [0.29, 0.717) is 23.6 Å². The van der Waals surface area contributed by atoms with Crippen LogP contribution in [0.3, 0.4) is 0 Å². The molecule has 0 radical (unpaired) electrons. The molecule has 1 aliphatic heterocycles. The highest BCUT2D eigenvalue weighted by atomic mass is 16.2. The zero-order valence-corrected chi connectivity index (χ0v) is 13.2. The Morgan fingerprint density at radius 1 is 1.28 bits per heavy atom. The molecule has 2 N–H and O–H groups in total. The van der Waals surface area contributed by atoms with Crippen LogP contribution in [-0.2, 0) is 13.6 Å². The summed E-state index contributed by atoms with van der Waals surface area (Å²) in [5.41, 5.74) is 2.08. The summed E-state index contributed by atoms with van der Waals surface area (Å²) in [6.45, 7) is 1.42. The number of aromatic nitrogens is 3. The number of hydrogen-bond acceptors (Lipinski definition) is 3. The maximum atomic E-state index is 12.4. The fraction of sp³-hybridized carbons (Fsp3) is 0.278. The minimum Gasteiger partial charge on any atom is -0.351 e. The number of rotatable bonds is 2. The molecule has 0 saturated heterocycles. The molecule has 7 nitrogen and oxygen atoms in total. The Morgan fingerprint density at radius 3 is 2.88 bits per heavy atom. The van der Waals surface area contributed by atoms with Crippen LogP contribution in [0.2, 0.25) is 0 Å². The molecule has 0 spiro atoms. The minimum atomic E-state index is -0.218. The van der Waals surface area contributed by atoms with Crippen LogP contribution >= 0.6 is 0 Å². The Morgan fingerprint density at radius 2 is 2.12 bits per heavy atom. The second-order valence-electron chi connectivity index (χ2n) is 5.89. The largest absolute Gasteiger partial charge is 0.351 e. The molecule has 0 fully saturated rings. The highest BCUT2D eigenvalue weighted by Crippen LogP contribution is 2.23. The van der Waals surface area contributed by atoms with Crippen LogP contribution in [0.5, 0.6) is 0 Å². The summed E-state index contributed by atoms with van der Waals surface area (Å²) in [7, 11) is 1.79. The van der Waals surface area contributed by atoms with Crippen molar-refractivity contribution in [1.29, 1.82) is 0 Å². The van der Waals surface area contributed by atoms with Crippen molar-refractivity contribution in [1.82, 2.24) is 19.7 Å². The summed E-state index contributed by atoms with van der Waals surface area (Å²) in [5.74, 6) is 0.225. The zero-order chi connectivity index (χ0) is 16.7. The van der Waals surface area contributed by atoms with E-state index < -0.39 is 0 Å². The van der Waals surface area contributed by atoms with Crippen molar-refractivity contribution in [3.05, 3.63) is 47.8 Å². The monoisotopic (exact) mass is 339 g/mol. The van der Waals surface area contributed by atoms with Crippen molar-refractivity contribution in [2.75, 3.05) is 11.9 Å². The van der Waals surface area contributed by atoms with Crippen LogP contribution in [0.4, 0.5) is 5.82 Å². The average Bonchev–Trinajstić information content (AvgIpc) is 3.09. The van der Waals surface area contributed by atoms with Crippen LogP contribution in [0.25, 0.3) is 10.9 Å². The van der Waals surface area contributed by atoms with E-state index in [-0.39, 0.29) is 19.2 Å². The first kappa shape index (κ1) is 16.8. The van der Waals surface area contributed by atoms with Crippen molar-refractivity contribution >= 4 is 28.5 Å². The van der Waals surface area contributed by atoms with Crippen molar-refractivity contribution in [3.8, 4) is 0 Å². The van der Waals surface area contributed by atoms with E-state index in [1.165, 1.54) is 0 Å². The van der Waals surface area contributed by atoms with Crippen molar-refractivity contribution in [2.45, 2.75) is 20.4 Å². The Kier molecular flexibility index (Phi) is 4.31. The third-order valence-corrected chi connectivity index (χ3v) is 4.20. The summed E-state index contributed by atoms with van der Waals surface area (Å²) >= 11 is 0. The number of carbonyl (C=O) groups excluding carboxylic acids is 2. The van der Waals surface area contributed by atoms with Gasteiger partial charge in [-0.25, -0.2) is 0 Å². The molecule has 0 saturated carbocycles. The smallest absolute Gasteiger partial charge is 0.267 e. The van der Waals surface area contributed by atoms with E-state index in [1.54, 1.807) is 30.1 Å². The van der Waals surface area contributed by atoms with Gasteiger partial charge in [0.05, 0.1) is 0 Å². The first-order valence-electron chi connectivity index (χ1n) is 7.84. The normalized spacial score (nSPS) is 13.6. The van der Waals surface area contributed by atoms with E-state index in [1.807, 2.05) is 22.8 Å². The maximum absolute atomic E-state index is 12.4. The van der Waals surface area contributed by atoms with E-state index in [4.69, 9.17) is 0 Å². The molecule has 1 aliphatic rings. The number of carbonyl (C=O) groups is 2. The van der Waals surface area contributed by atoms with Gasteiger partial charge < -0.3 is 15.2 Å². The van der Waals surface area contributed by atoms with Gasteiger partial charge in [-0.15, -0.1) is 0 Å². The van der Waals surface area contributed by atoms with Crippen molar-refractivity contribution < 1.29 is 9.59 Å². The molecule has 7 heteroatoms. The first-order valence-corrected chi connectivity index (χ1v) is 7.84. The quantitative estimate of drug-likeness (QED) is 0.752. The topological polar surface area (TPSA) is 81.0 Å². The number of amides is 2. The lowest BCUT2D eigenvalue weighted by atomic mass is 10.1. The predicted molar refractivity (Wildman–Crippen MR) is 96.8 cm³/mol. The third kappa shape index (κ3) is 3.00. The lowest BCUT2D eigenvalue weighted by molar-refractivity contribution is 0.0950. The fourth-order valence-electron chi connectivity index (χ4n) is 3.02.